The van der Waals surface area contributed by atoms with Gasteiger partial charge in [-0.25, -0.2) is 9.59 Å². The standard InChI is InChI=1S/C27H32N2O5S/c30-24(29-25(26(31)32)18-8-2-1-3-9-18)17-35-15-14-28-27(33)34-16-23-21-12-6-4-10-19(21)20-11-5-7-13-22(20)23/h4-7,10-13,18,23,25H,1-3,8-9,14-17H2,(H,28,33)(H,29,30)(H,31,32). The summed E-state index contributed by atoms with van der Waals surface area (Å²) >= 11 is 1.35. The summed E-state index contributed by atoms with van der Waals surface area (Å²) in [7, 11) is 0. The molecule has 4 rings (SSSR count). The molecule has 2 aromatic rings. The van der Waals surface area contributed by atoms with Crippen LogP contribution in [0.5, 0.6) is 0 Å². The summed E-state index contributed by atoms with van der Waals surface area (Å²) in [5.74, 6) is -0.550. The van der Waals surface area contributed by atoms with E-state index < -0.39 is 18.1 Å². The van der Waals surface area contributed by atoms with Crippen LogP contribution < -0.4 is 10.6 Å². The number of carbonyl (C=O) groups excluding carboxylic acids is 2. The topological polar surface area (TPSA) is 105 Å². The van der Waals surface area contributed by atoms with E-state index in [2.05, 4.69) is 34.9 Å². The van der Waals surface area contributed by atoms with Crippen LogP contribution in [-0.4, -0.2) is 53.8 Å². The number of carboxylic acids is 1. The van der Waals surface area contributed by atoms with Gasteiger partial charge in [0, 0.05) is 18.2 Å². The summed E-state index contributed by atoms with van der Waals surface area (Å²) in [6.45, 7) is 0.618. The van der Waals surface area contributed by atoms with Crippen molar-refractivity contribution < 1.29 is 24.2 Å². The second kappa shape index (κ2) is 12.1. The molecule has 7 nitrogen and oxygen atoms in total. The first kappa shape index (κ1) is 25.1. The Hall–Kier alpha value is -3.00. The van der Waals surface area contributed by atoms with Crippen LogP contribution in [0.3, 0.4) is 0 Å². The molecule has 1 saturated carbocycles. The Morgan fingerprint density at radius 3 is 2.23 bits per heavy atom. The average molecular weight is 497 g/mol. The summed E-state index contributed by atoms with van der Waals surface area (Å²) in [4.78, 5) is 36.1. The van der Waals surface area contributed by atoms with Crippen molar-refractivity contribution in [3.63, 3.8) is 0 Å². The molecule has 8 heteroatoms. The molecule has 186 valence electrons. The number of nitrogens with one attached hydrogen (secondary N) is 2. The number of fused-ring (bicyclic) bond motifs is 3. The van der Waals surface area contributed by atoms with E-state index in [9.17, 15) is 19.5 Å². The maximum atomic E-state index is 12.2. The number of hydrogen-bond donors (Lipinski definition) is 3. The molecule has 0 spiro atoms. The zero-order valence-corrected chi connectivity index (χ0v) is 20.5. The van der Waals surface area contributed by atoms with Crippen LogP contribution in [0.2, 0.25) is 0 Å². The molecule has 0 radical (unpaired) electrons. The fourth-order valence-electron chi connectivity index (χ4n) is 5.10. The van der Waals surface area contributed by atoms with E-state index in [1.807, 2.05) is 24.3 Å². The number of carboxylic acid groups (broad SMARTS) is 1. The normalized spacial score (nSPS) is 16.1. The lowest BCUT2D eigenvalue weighted by Gasteiger charge is -2.28. The number of thioether (sulfide) groups is 1. The lowest BCUT2D eigenvalue weighted by molar-refractivity contribution is -0.143. The number of amides is 2. The fraction of sp³-hybridized carbons (Fsp3) is 0.444. The van der Waals surface area contributed by atoms with E-state index in [0.29, 0.717) is 12.3 Å². The van der Waals surface area contributed by atoms with Gasteiger partial charge in [0.05, 0.1) is 5.75 Å². The van der Waals surface area contributed by atoms with Crippen LogP contribution in [0.15, 0.2) is 48.5 Å². The van der Waals surface area contributed by atoms with Crippen LogP contribution in [0.25, 0.3) is 11.1 Å². The molecular weight excluding hydrogens is 464 g/mol. The molecule has 1 unspecified atom stereocenters. The summed E-state index contributed by atoms with van der Waals surface area (Å²) in [5, 5.41) is 14.9. The summed E-state index contributed by atoms with van der Waals surface area (Å²) in [6, 6.07) is 15.5. The van der Waals surface area contributed by atoms with Gasteiger partial charge in [0.25, 0.3) is 0 Å². The van der Waals surface area contributed by atoms with Gasteiger partial charge in [-0.15, -0.1) is 0 Å². The van der Waals surface area contributed by atoms with Crippen LogP contribution in [0.1, 0.15) is 49.1 Å². The predicted octanol–water partition coefficient (Wildman–Crippen LogP) is 4.41. The minimum atomic E-state index is -0.966. The van der Waals surface area contributed by atoms with Crippen LogP contribution >= 0.6 is 11.8 Å². The average Bonchev–Trinajstić information content (AvgIpc) is 3.20. The fourth-order valence-corrected chi connectivity index (χ4v) is 5.76. The highest BCUT2D eigenvalue weighted by atomic mass is 32.2. The molecule has 2 aliphatic carbocycles. The van der Waals surface area contributed by atoms with Crippen molar-refractivity contribution in [3.8, 4) is 11.1 Å². The first-order valence-corrected chi connectivity index (χ1v) is 13.4. The van der Waals surface area contributed by atoms with E-state index >= 15 is 0 Å². The van der Waals surface area contributed by atoms with Crippen molar-refractivity contribution in [1.82, 2.24) is 10.6 Å². The van der Waals surface area contributed by atoms with E-state index in [-0.39, 0.29) is 30.1 Å². The SMILES string of the molecule is O=C(CSCCNC(=O)OCC1c2ccccc2-c2ccccc21)NC(C(=O)O)C1CCCCC1. The molecule has 0 bridgehead atoms. The molecule has 3 N–H and O–H groups in total. The van der Waals surface area contributed by atoms with E-state index in [4.69, 9.17) is 4.74 Å². The highest BCUT2D eigenvalue weighted by Crippen LogP contribution is 2.44. The Morgan fingerprint density at radius 1 is 0.971 bits per heavy atom. The van der Waals surface area contributed by atoms with Crippen molar-refractivity contribution in [2.75, 3.05) is 24.7 Å². The lowest BCUT2D eigenvalue weighted by atomic mass is 9.84. The van der Waals surface area contributed by atoms with Crippen molar-refractivity contribution in [2.45, 2.75) is 44.1 Å². The third-order valence-electron chi connectivity index (χ3n) is 6.80. The number of ether oxygens (including phenoxy) is 1. The molecular formula is C27H32N2O5S. The summed E-state index contributed by atoms with van der Waals surface area (Å²) in [6.07, 6.45) is 4.35. The van der Waals surface area contributed by atoms with Gasteiger partial charge in [-0.2, -0.15) is 11.8 Å². The van der Waals surface area contributed by atoms with Crippen molar-refractivity contribution >= 4 is 29.7 Å². The van der Waals surface area contributed by atoms with Gasteiger partial charge in [-0.05, 0) is 41.0 Å². The molecule has 2 aliphatic rings. The van der Waals surface area contributed by atoms with Gasteiger partial charge in [0.2, 0.25) is 5.91 Å². The number of benzene rings is 2. The third kappa shape index (κ3) is 6.36. The second-order valence-corrected chi connectivity index (χ2v) is 10.2. The van der Waals surface area contributed by atoms with Gasteiger partial charge >= 0.3 is 12.1 Å². The number of rotatable bonds is 10. The highest BCUT2D eigenvalue weighted by Gasteiger charge is 2.31. The van der Waals surface area contributed by atoms with Crippen LogP contribution in [0, 0.1) is 5.92 Å². The zero-order chi connectivity index (χ0) is 24.6. The lowest BCUT2D eigenvalue weighted by Crippen LogP contribution is -2.47. The number of carbonyl (C=O) groups is 3. The maximum absolute atomic E-state index is 12.2. The molecule has 1 fully saturated rings. The van der Waals surface area contributed by atoms with E-state index in [1.165, 1.54) is 22.9 Å². The first-order chi connectivity index (χ1) is 17.0. The summed E-state index contributed by atoms with van der Waals surface area (Å²) < 4.78 is 5.51. The Morgan fingerprint density at radius 2 is 1.60 bits per heavy atom. The minimum Gasteiger partial charge on any atom is -0.480 e. The van der Waals surface area contributed by atoms with Crippen LogP contribution in [-0.2, 0) is 14.3 Å². The molecule has 0 aromatic heterocycles. The highest BCUT2D eigenvalue weighted by molar-refractivity contribution is 7.99. The zero-order valence-electron chi connectivity index (χ0n) is 19.7. The third-order valence-corrected chi connectivity index (χ3v) is 7.76. The largest absolute Gasteiger partial charge is 0.480 e. The minimum absolute atomic E-state index is 0.00503. The molecule has 2 aromatic carbocycles. The van der Waals surface area contributed by atoms with E-state index in [1.54, 1.807) is 0 Å². The Bertz CT molecular complexity index is 1010. The molecule has 0 heterocycles. The number of aliphatic carboxylic acids is 1. The Balaban J connectivity index is 1.15. The molecule has 0 saturated heterocycles. The van der Waals surface area contributed by atoms with Gasteiger partial charge in [0.15, 0.2) is 0 Å². The first-order valence-electron chi connectivity index (χ1n) is 12.2. The molecule has 1 atom stereocenters. The molecule has 0 aliphatic heterocycles. The van der Waals surface area contributed by atoms with Crippen LogP contribution in [0.4, 0.5) is 4.79 Å². The summed E-state index contributed by atoms with van der Waals surface area (Å²) in [5.41, 5.74) is 4.69. The molecule has 35 heavy (non-hydrogen) atoms. The van der Waals surface area contributed by atoms with Gasteiger partial charge in [-0.1, -0.05) is 67.8 Å². The quantitative estimate of drug-likeness (QED) is 0.421. The van der Waals surface area contributed by atoms with E-state index in [0.717, 1.165) is 43.2 Å². The molecule has 2 amide bonds. The van der Waals surface area contributed by atoms with Crippen molar-refractivity contribution in [1.29, 1.82) is 0 Å². The number of hydrogen-bond acceptors (Lipinski definition) is 5. The number of alkyl carbamates (subject to hydrolysis) is 1. The smallest absolute Gasteiger partial charge is 0.407 e. The Kier molecular flexibility index (Phi) is 8.69. The predicted molar refractivity (Wildman–Crippen MR) is 137 cm³/mol. The van der Waals surface area contributed by atoms with Crippen molar-refractivity contribution in [3.05, 3.63) is 59.7 Å². The monoisotopic (exact) mass is 496 g/mol. The van der Waals surface area contributed by atoms with Crippen molar-refractivity contribution in [2.24, 2.45) is 5.92 Å². The maximum Gasteiger partial charge on any atom is 0.407 e. The second-order valence-electron chi connectivity index (χ2n) is 9.09. The Labute approximate surface area is 210 Å². The van der Waals surface area contributed by atoms with Gasteiger partial charge in [-0.3, -0.25) is 4.79 Å². The van der Waals surface area contributed by atoms with Gasteiger partial charge in [0.1, 0.15) is 12.6 Å². The van der Waals surface area contributed by atoms with Gasteiger partial charge < -0.3 is 20.5 Å².